The summed E-state index contributed by atoms with van der Waals surface area (Å²) < 4.78 is 1.04. The molecule has 13 heavy (non-hydrogen) atoms. The summed E-state index contributed by atoms with van der Waals surface area (Å²) in [5.74, 6) is -0.121. The van der Waals surface area contributed by atoms with Gasteiger partial charge in [-0.15, -0.1) is 11.3 Å². The summed E-state index contributed by atoms with van der Waals surface area (Å²) in [6.07, 6.45) is 0. The minimum atomic E-state index is -0.441. The maximum atomic E-state index is 11.1. The smallest absolute Gasteiger partial charge is 0.236 e. The summed E-state index contributed by atoms with van der Waals surface area (Å²) in [6, 6.07) is 1.54. The third-order valence-corrected chi connectivity index (χ3v) is 3.17. The van der Waals surface area contributed by atoms with Gasteiger partial charge in [-0.25, -0.2) is 0 Å². The Bertz CT molecular complexity index is 298. The molecule has 0 saturated heterocycles. The summed E-state index contributed by atoms with van der Waals surface area (Å²) in [6.45, 7) is 2.22. The Morgan fingerprint density at radius 1 is 1.85 bits per heavy atom. The van der Waals surface area contributed by atoms with Crippen LogP contribution in [0.4, 0.5) is 0 Å². The van der Waals surface area contributed by atoms with Gasteiger partial charge in [0.15, 0.2) is 0 Å². The maximum absolute atomic E-state index is 11.1. The van der Waals surface area contributed by atoms with Crippen LogP contribution in [0.5, 0.6) is 0 Å². The number of halogens is 1. The molecule has 0 radical (unpaired) electrons. The quantitative estimate of drug-likeness (QED) is 0.867. The first kappa shape index (κ1) is 10.7. The van der Waals surface area contributed by atoms with Gasteiger partial charge in [0, 0.05) is 14.7 Å². The summed E-state index contributed by atoms with van der Waals surface area (Å²) in [4.78, 5) is 12.2. The zero-order chi connectivity index (χ0) is 9.84. The molecule has 1 heterocycles. The highest BCUT2D eigenvalue weighted by Gasteiger charge is 2.06. The highest BCUT2D eigenvalue weighted by atomic mass is 79.9. The van der Waals surface area contributed by atoms with Crippen LogP contribution in [-0.4, -0.2) is 11.9 Å². The number of hydrogen-bond donors (Lipinski definition) is 2. The van der Waals surface area contributed by atoms with Crippen LogP contribution in [0.1, 0.15) is 11.8 Å². The first-order valence-electron chi connectivity index (χ1n) is 3.86. The van der Waals surface area contributed by atoms with Crippen molar-refractivity contribution in [3.63, 3.8) is 0 Å². The third-order valence-electron chi connectivity index (χ3n) is 1.47. The lowest BCUT2D eigenvalue weighted by molar-refractivity contribution is -0.122. The molecule has 72 valence electrons. The number of hydrogen-bond acceptors (Lipinski definition) is 3. The molecule has 1 atom stereocenters. The fourth-order valence-electron chi connectivity index (χ4n) is 0.782. The molecule has 1 rings (SSSR count). The van der Waals surface area contributed by atoms with E-state index in [0.717, 1.165) is 9.35 Å². The van der Waals surface area contributed by atoms with Crippen LogP contribution in [0.25, 0.3) is 0 Å². The molecule has 0 bridgehead atoms. The second-order valence-electron chi connectivity index (χ2n) is 2.74. The van der Waals surface area contributed by atoms with Gasteiger partial charge in [0.1, 0.15) is 0 Å². The zero-order valence-electron chi connectivity index (χ0n) is 7.21. The lowest BCUT2D eigenvalue weighted by atomic mass is 10.3. The van der Waals surface area contributed by atoms with Crippen LogP contribution in [0.15, 0.2) is 15.9 Å². The molecule has 0 aromatic carbocycles. The Morgan fingerprint density at radius 3 is 3.00 bits per heavy atom. The molecule has 3 nitrogen and oxygen atoms in total. The van der Waals surface area contributed by atoms with Crippen LogP contribution in [-0.2, 0) is 11.3 Å². The van der Waals surface area contributed by atoms with E-state index < -0.39 is 6.04 Å². The minimum Gasteiger partial charge on any atom is -0.350 e. The van der Waals surface area contributed by atoms with Crippen LogP contribution >= 0.6 is 27.3 Å². The summed E-state index contributed by atoms with van der Waals surface area (Å²) in [5.41, 5.74) is 5.39. The number of nitrogens with two attached hydrogens (primary N) is 1. The average Bonchev–Trinajstić information content (AvgIpc) is 2.47. The van der Waals surface area contributed by atoms with Crippen molar-refractivity contribution in [3.05, 3.63) is 20.8 Å². The van der Waals surface area contributed by atoms with Crippen molar-refractivity contribution >= 4 is 33.2 Å². The maximum Gasteiger partial charge on any atom is 0.236 e. The summed E-state index contributed by atoms with van der Waals surface area (Å²) in [7, 11) is 0. The molecule has 0 unspecified atom stereocenters. The molecule has 0 aliphatic carbocycles. The molecule has 5 heteroatoms. The molecule has 3 N–H and O–H groups in total. The van der Waals surface area contributed by atoms with E-state index in [0.29, 0.717) is 6.54 Å². The van der Waals surface area contributed by atoms with Crippen molar-refractivity contribution < 1.29 is 4.79 Å². The van der Waals surface area contributed by atoms with Gasteiger partial charge in [0.2, 0.25) is 5.91 Å². The number of rotatable bonds is 3. The first-order chi connectivity index (χ1) is 6.09. The SMILES string of the molecule is C[C@@H](N)C(=O)NCc1cc(Br)cs1. The van der Waals surface area contributed by atoms with Gasteiger partial charge in [-0.05, 0) is 28.9 Å². The van der Waals surface area contributed by atoms with Gasteiger partial charge >= 0.3 is 0 Å². The Hall–Kier alpha value is -0.390. The number of amides is 1. The minimum absolute atomic E-state index is 0.121. The Balaban J connectivity index is 2.39. The molecule has 0 saturated carbocycles. The predicted octanol–water partition coefficient (Wildman–Crippen LogP) is 1.47. The first-order valence-corrected chi connectivity index (χ1v) is 5.53. The van der Waals surface area contributed by atoms with Gasteiger partial charge in [0.05, 0.1) is 12.6 Å². The van der Waals surface area contributed by atoms with Gasteiger partial charge in [-0.3, -0.25) is 4.79 Å². The normalized spacial score (nSPS) is 12.5. The van der Waals surface area contributed by atoms with Crippen LogP contribution in [0.3, 0.4) is 0 Å². The highest BCUT2D eigenvalue weighted by Crippen LogP contribution is 2.19. The second-order valence-corrected chi connectivity index (χ2v) is 4.65. The van der Waals surface area contributed by atoms with E-state index in [4.69, 9.17) is 5.73 Å². The molecule has 0 spiro atoms. The van der Waals surface area contributed by atoms with Crippen molar-refractivity contribution in [1.29, 1.82) is 0 Å². The number of carbonyl (C=O) groups excluding carboxylic acids is 1. The molecule has 0 fully saturated rings. The zero-order valence-corrected chi connectivity index (χ0v) is 9.61. The van der Waals surface area contributed by atoms with E-state index in [-0.39, 0.29) is 5.91 Å². The number of nitrogens with one attached hydrogen (secondary N) is 1. The fourth-order valence-corrected chi connectivity index (χ4v) is 2.17. The van der Waals surface area contributed by atoms with Crippen molar-refractivity contribution in [2.75, 3.05) is 0 Å². The molecule has 0 aliphatic rings. The van der Waals surface area contributed by atoms with E-state index >= 15 is 0 Å². The van der Waals surface area contributed by atoms with E-state index in [9.17, 15) is 4.79 Å². The van der Waals surface area contributed by atoms with Crippen molar-refractivity contribution in [2.24, 2.45) is 5.73 Å². The van der Waals surface area contributed by atoms with E-state index in [1.165, 1.54) is 0 Å². The van der Waals surface area contributed by atoms with Gasteiger partial charge in [-0.2, -0.15) is 0 Å². The third kappa shape index (κ3) is 3.46. The summed E-state index contributed by atoms with van der Waals surface area (Å²) in [5, 5.41) is 4.72. The number of carbonyl (C=O) groups is 1. The van der Waals surface area contributed by atoms with Gasteiger partial charge in [0.25, 0.3) is 0 Å². The van der Waals surface area contributed by atoms with E-state index in [1.807, 2.05) is 11.4 Å². The van der Waals surface area contributed by atoms with Crippen LogP contribution in [0, 0.1) is 0 Å². The Morgan fingerprint density at radius 2 is 2.54 bits per heavy atom. The van der Waals surface area contributed by atoms with E-state index in [2.05, 4.69) is 21.2 Å². The van der Waals surface area contributed by atoms with Crippen molar-refractivity contribution in [2.45, 2.75) is 19.5 Å². The standard InChI is InChI=1S/C8H11BrN2OS/c1-5(10)8(12)11-3-7-2-6(9)4-13-7/h2,4-5H,3,10H2,1H3,(H,11,12)/t5-/m1/s1. The fraction of sp³-hybridized carbons (Fsp3) is 0.375. The molecule has 1 aromatic rings. The lowest BCUT2D eigenvalue weighted by Crippen LogP contribution is -2.37. The van der Waals surface area contributed by atoms with Crippen LogP contribution in [0.2, 0.25) is 0 Å². The van der Waals surface area contributed by atoms with Crippen molar-refractivity contribution in [3.8, 4) is 0 Å². The summed E-state index contributed by atoms with van der Waals surface area (Å²) >= 11 is 4.94. The van der Waals surface area contributed by atoms with Gasteiger partial charge < -0.3 is 11.1 Å². The monoisotopic (exact) mass is 262 g/mol. The Kier molecular flexibility index (Phi) is 3.90. The van der Waals surface area contributed by atoms with Gasteiger partial charge in [-0.1, -0.05) is 0 Å². The molecule has 0 aliphatic heterocycles. The molecular formula is C8H11BrN2OS. The average molecular weight is 263 g/mol. The highest BCUT2D eigenvalue weighted by molar-refractivity contribution is 9.10. The Labute approximate surface area is 89.5 Å². The lowest BCUT2D eigenvalue weighted by Gasteiger charge is -2.05. The molecule has 1 amide bonds. The topological polar surface area (TPSA) is 55.1 Å². The van der Waals surface area contributed by atoms with Crippen molar-refractivity contribution in [1.82, 2.24) is 5.32 Å². The predicted molar refractivity (Wildman–Crippen MR) is 57.5 cm³/mol. The largest absolute Gasteiger partial charge is 0.350 e. The van der Waals surface area contributed by atoms with E-state index in [1.54, 1.807) is 18.3 Å². The molecular weight excluding hydrogens is 252 g/mol. The second kappa shape index (κ2) is 4.74. The number of thiophene rings is 1. The van der Waals surface area contributed by atoms with Crippen LogP contribution < -0.4 is 11.1 Å². The molecule has 1 aromatic heterocycles.